The summed E-state index contributed by atoms with van der Waals surface area (Å²) in [5.74, 6) is -1.05. The van der Waals surface area contributed by atoms with Crippen molar-refractivity contribution in [1.29, 1.82) is 0 Å². The molecule has 2 aromatic rings. The molecule has 0 bridgehead atoms. The lowest BCUT2D eigenvalue weighted by Crippen LogP contribution is -2.48. The topological polar surface area (TPSA) is 49.6 Å². The molecule has 0 atom stereocenters. The van der Waals surface area contributed by atoms with Crippen LogP contribution in [0.4, 0.5) is 8.78 Å². The van der Waals surface area contributed by atoms with Crippen LogP contribution in [0.2, 0.25) is 0 Å². The maximum absolute atomic E-state index is 13.2. The molecule has 0 aliphatic carbocycles. The van der Waals surface area contributed by atoms with Crippen LogP contribution in [0.25, 0.3) is 0 Å². The first-order valence-corrected chi connectivity index (χ1v) is 7.41. The van der Waals surface area contributed by atoms with Gasteiger partial charge >= 0.3 is 0 Å². The predicted octanol–water partition coefficient (Wildman–Crippen LogP) is 2.22. The molecule has 0 unspecified atom stereocenters. The third kappa shape index (κ3) is 3.73. The van der Waals surface area contributed by atoms with E-state index in [9.17, 15) is 13.6 Å². The second-order valence-corrected chi connectivity index (χ2v) is 5.66. The summed E-state index contributed by atoms with van der Waals surface area (Å²) in [4.78, 5) is 16.1. The van der Waals surface area contributed by atoms with Crippen LogP contribution in [-0.2, 0) is 6.54 Å². The Labute approximate surface area is 132 Å². The molecule has 0 saturated carbocycles. The van der Waals surface area contributed by atoms with Crippen LogP contribution >= 0.6 is 0 Å². The summed E-state index contributed by atoms with van der Waals surface area (Å²) >= 11 is 0. The molecule has 1 aliphatic heterocycles. The molecule has 1 aliphatic rings. The number of carbonyl (C=O) groups is 1. The van der Waals surface area contributed by atoms with E-state index >= 15 is 0 Å². The summed E-state index contributed by atoms with van der Waals surface area (Å²) in [7, 11) is 0. The van der Waals surface area contributed by atoms with E-state index < -0.39 is 11.6 Å². The van der Waals surface area contributed by atoms with Gasteiger partial charge in [0.05, 0.1) is 12.2 Å². The van der Waals surface area contributed by atoms with Crippen molar-refractivity contribution in [2.45, 2.75) is 13.5 Å². The molecule has 3 rings (SSSR count). The normalized spacial score (nSPS) is 15.9. The number of halogens is 2. The molecular weight excluding hydrogens is 304 g/mol. The smallest absolute Gasteiger partial charge is 0.254 e. The Hall–Kier alpha value is -2.28. The Morgan fingerprint density at radius 2 is 1.78 bits per heavy atom. The fourth-order valence-electron chi connectivity index (χ4n) is 2.68. The highest BCUT2D eigenvalue weighted by Crippen LogP contribution is 2.14. The number of hydrogen-bond acceptors (Lipinski definition) is 4. The van der Waals surface area contributed by atoms with Crippen molar-refractivity contribution in [3.63, 3.8) is 0 Å². The summed E-state index contributed by atoms with van der Waals surface area (Å²) in [6.45, 7) is 4.85. The maximum Gasteiger partial charge on any atom is 0.254 e. The molecule has 5 nitrogen and oxygen atoms in total. The van der Waals surface area contributed by atoms with E-state index in [1.165, 1.54) is 0 Å². The van der Waals surface area contributed by atoms with Gasteiger partial charge in [-0.15, -0.1) is 0 Å². The van der Waals surface area contributed by atoms with Crippen LogP contribution in [-0.4, -0.2) is 47.0 Å². The van der Waals surface area contributed by atoms with Gasteiger partial charge in [-0.2, -0.15) is 0 Å². The van der Waals surface area contributed by atoms with Crippen LogP contribution in [0.3, 0.4) is 0 Å². The molecule has 0 N–H and O–H groups in total. The largest absolute Gasteiger partial charge is 0.360 e. The van der Waals surface area contributed by atoms with E-state index in [-0.39, 0.29) is 11.5 Å². The Balaban J connectivity index is 1.58. The van der Waals surface area contributed by atoms with Crippen molar-refractivity contribution in [3.05, 3.63) is 52.9 Å². The molecule has 0 radical (unpaired) electrons. The molecule has 122 valence electrons. The number of carbonyl (C=O) groups excluding carboxylic acids is 1. The Kier molecular flexibility index (Phi) is 4.38. The standard InChI is InChI=1S/C16H17F2N3O2/c1-11-6-15(23-19-11)10-20-2-4-21(5-3-20)16(22)12-7-13(17)9-14(18)8-12/h6-9H,2-5,10H2,1H3. The van der Waals surface area contributed by atoms with E-state index in [1.807, 2.05) is 13.0 Å². The number of benzene rings is 1. The van der Waals surface area contributed by atoms with E-state index in [0.29, 0.717) is 32.7 Å². The lowest BCUT2D eigenvalue weighted by molar-refractivity contribution is 0.0616. The van der Waals surface area contributed by atoms with Crippen molar-refractivity contribution in [3.8, 4) is 0 Å². The van der Waals surface area contributed by atoms with Crippen LogP contribution in [0.15, 0.2) is 28.8 Å². The monoisotopic (exact) mass is 321 g/mol. The number of aryl methyl sites for hydroxylation is 1. The zero-order chi connectivity index (χ0) is 16.4. The number of hydrogen-bond donors (Lipinski definition) is 0. The summed E-state index contributed by atoms with van der Waals surface area (Å²) in [6, 6.07) is 4.77. The first kappa shape index (κ1) is 15.6. The zero-order valence-corrected chi connectivity index (χ0v) is 12.8. The minimum absolute atomic E-state index is 0.0433. The van der Waals surface area contributed by atoms with Gasteiger partial charge in [-0.3, -0.25) is 9.69 Å². The fraction of sp³-hybridized carbons (Fsp3) is 0.375. The molecule has 2 heterocycles. The van der Waals surface area contributed by atoms with Gasteiger partial charge in [-0.1, -0.05) is 5.16 Å². The van der Waals surface area contributed by atoms with Gasteiger partial charge in [0.15, 0.2) is 5.76 Å². The van der Waals surface area contributed by atoms with Crippen molar-refractivity contribution in [2.75, 3.05) is 26.2 Å². The summed E-state index contributed by atoms with van der Waals surface area (Å²) in [6.07, 6.45) is 0. The SMILES string of the molecule is Cc1cc(CN2CCN(C(=O)c3cc(F)cc(F)c3)CC2)on1. The highest BCUT2D eigenvalue weighted by molar-refractivity contribution is 5.94. The molecule has 1 amide bonds. The van der Waals surface area contributed by atoms with Crippen molar-refractivity contribution < 1.29 is 18.1 Å². The second-order valence-electron chi connectivity index (χ2n) is 5.66. The summed E-state index contributed by atoms with van der Waals surface area (Å²) in [5, 5.41) is 3.84. The number of aromatic nitrogens is 1. The molecule has 1 aromatic heterocycles. The van der Waals surface area contributed by atoms with Crippen LogP contribution in [0.5, 0.6) is 0 Å². The highest BCUT2D eigenvalue weighted by atomic mass is 19.1. The van der Waals surface area contributed by atoms with E-state index in [2.05, 4.69) is 10.1 Å². The second kappa shape index (κ2) is 6.45. The highest BCUT2D eigenvalue weighted by Gasteiger charge is 2.23. The van der Waals surface area contributed by atoms with Gasteiger partial charge in [0.25, 0.3) is 5.91 Å². The Morgan fingerprint density at radius 3 is 2.35 bits per heavy atom. The number of piperazine rings is 1. The van der Waals surface area contributed by atoms with Gasteiger partial charge in [-0.05, 0) is 19.1 Å². The van der Waals surface area contributed by atoms with Crippen molar-refractivity contribution >= 4 is 5.91 Å². The van der Waals surface area contributed by atoms with Gasteiger partial charge in [0.1, 0.15) is 11.6 Å². The molecule has 23 heavy (non-hydrogen) atoms. The molecular formula is C16H17F2N3O2. The average Bonchev–Trinajstić information content (AvgIpc) is 2.91. The first-order chi connectivity index (χ1) is 11.0. The van der Waals surface area contributed by atoms with Gasteiger partial charge in [-0.25, -0.2) is 8.78 Å². The lowest BCUT2D eigenvalue weighted by atomic mass is 10.1. The average molecular weight is 321 g/mol. The third-order valence-electron chi connectivity index (χ3n) is 3.83. The van der Waals surface area contributed by atoms with Crippen molar-refractivity contribution in [2.24, 2.45) is 0 Å². The van der Waals surface area contributed by atoms with Crippen molar-refractivity contribution in [1.82, 2.24) is 15.0 Å². The third-order valence-corrected chi connectivity index (χ3v) is 3.83. The van der Waals surface area contributed by atoms with E-state index in [1.54, 1.807) is 4.90 Å². The minimum Gasteiger partial charge on any atom is -0.360 e. The minimum atomic E-state index is -0.743. The molecule has 1 saturated heterocycles. The molecule has 1 fully saturated rings. The molecule has 7 heteroatoms. The first-order valence-electron chi connectivity index (χ1n) is 7.41. The molecule has 0 spiro atoms. The van der Waals surface area contributed by atoms with Crippen LogP contribution in [0, 0.1) is 18.6 Å². The van der Waals surface area contributed by atoms with Gasteiger partial charge in [0, 0.05) is 43.9 Å². The van der Waals surface area contributed by atoms with Crippen LogP contribution in [0.1, 0.15) is 21.8 Å². The maximum atomic E-state index is 13.2. The number of rotatable bonds is 3. The summed E-state index contributed by atoms with van der Waals surface area (Å²) < 4.78 is 31.6. The Bertz CT molecular complexity index is 689. The number of amides is 1. The van der Waals surface area contributed by atoms with E-state index in [4.69, 9.17) is 4.52 Å². The summed E-state index contributed by atoms with van der Waals surface area (Å²) in [5.41, 5.74) is 0.878. The van der Waals surface area contributed by atoms with E-state index in [0.717, 1.165) is 29.7 Å². The number of nitrogens with zero attached hydrogens (tertiary/aromatic N) is 3. The van der Waals surface area contributed by atoms with Gasteiger partial charge in [0.2, 0.25) is 0 Å². The lowest BCUT2D eigenvalue weighted by Gasteiger charge is -2.34. The Morgan fingerprint density at radius 1 is 1.13 bits per heavy atom. The fourth-order valence-corrected chi connectivity index (χ4v) is 2.68. The molecule has 1 aromatic carbocycles. The van der Waals surface area contributed by atoms with Gasteiger partial charge < -0.3 is 9.42 Å². The quantitative estimate of drug-likeness (QED) is 0.870. The van der Waals surface area contributed by atoms with Crippen LogP contribution < -0.4 is 0 Å². The zero-order valence-electron chi connectivity index (χ0n) is 12.8. The predicted molar refractivity (Wildman–Crippen MR) is 78.8 cm³/mol.